The van der Waals surface area contributed by atoms with Crippen LogP contribution in [-0.2, 0) is 13.1 Å². The van der Waals surface area contributed by atoms with Gasteiger partial charge in [-0.25, -0.2) is 8.78 Å². The van der Waals surface area contributed by atoms with Crippen molar-refractivity contribution in [2.75, 3.05) is 5.32 Å². The Morgan fingerprint density at radius 3 is 2.04 bits per heavy atom. The predicted octanol–water partition coefficient (Wildman–Crippen LogP) is 3.90. The highest BCUT2D eigenvalue weighted by atomic mass is 19.1. The number of hydrogen-bond acceptors (Lipinski definition) is 3. The maximum Gasteiger partial charge on any atom is 0.253 e. The number of amides is 1. The molecule has 0 bridgehead atoms. The summed E-state index contributed by atoms with van der Waals surface area (Å²) in [7, 11) is 0. The number of nitrogens with one attached hydrogen (secondary N) is 2. The Labute approximate surface area is 149 Å². The van der Waals surface area contributed by atoms with Crippen molar-refractivity contribution in [3.63, 3.8) is 0 Å². The largest absolute Gasteiger partial charge is 0.380 e. The van der Waals surface area contributed by atoms with E-state index in [9.17, 15) is 13.6 Å². The number of carbonyl (C=O) groups excluding carboxylic acids is 1. The zero-order chi connectivity index (χ0) is 18.4. The van der Waals surface area contributed by atoms with Gasteiger partial charge in [-0.3, -0.25) is 9.78 Å². The topological polar surface area (TPSA) is 54.0 Å². The number of nitrogens with zero attached hydrogens (tertiary/aromatic N) is 1. The third kappa shape index (κ3) is 4.86. The SMILES string of the molecule is O=C(NCc1ccc(F)cc1)c1cncc(NCc2ccc(F)cc2)c1. The number of anilines is 1. The van der Waals surface area contributed by atoms with Crippen LogP contribution in [0.1, 0.15) is 21.5 Å². The first-order valence-electron chi connectivity index (χ1n) is 8.06. The first-order valence-corrected chi connectivity index (χ1v) is 8.06. The Morgan fingerprint density at radius 2 is 1.42 bits per heavy atom. The summed E-state index contributed by atoms with van der Waals surface area (Å²) >= 11 is 0. The van der Waals surface area contributed by atoms with E-state index in [2.05, 4.69) is 15.6 Å². The lowest BCUT2D eigenvalue weighted by molar-refractivity contribution is 0.0950. The lowest BCUT2D eigenvalue weighted by Crippen LogP contribution is -2.23. The molecule has 0 unspecified atom stereocenters. The quantitative estimate of drug-likeness (QED) is 0.707. The van der Waals surface area contributed by atoms with Crippen molar-refractivity contribution < 1.29 is 13.6 Å². The minimum atomic E-state index is -0.316. The van der Waals surface area contributed by atoms with Crippen LogP contribution in [0.5, 0.6) is 0 Å². The van der Waals surface area contributed by atoms with E-state index in [1.54, 1.807) is 36.5 Å². The van der Waals surface area contributed by atoms with Crippen LogP contribution in [0, 0.1) is 11.6 Å². The van der Waals surface area contributed by atoms with Crippen molar-refractivity contribution >= 4 is 11.6 Å². The third-order valence-electron chi connectivity index (χ3n) is 3.78. The van der Waals surface area contributed by atoms with E-state index in [-0.39, 0.29) is 17.5 Å². The van der Waals surface area contributed by atoms with Gasteiger partial charge < -0.3 is 10.6 Å². The summed E-state index contributed by atoms with van der Waals surface area (Å²) < 4.78 is 25.8. The lowest BCUT2D eigenvalue weighted by Gasteiger charge is -2.09. The highest BCUT2D eigenvalue weighted by Gasteiger charge is 2.07. The van der Waals surface area contributed by atoms with Gasteiger partial charge in [0.1, 0.15) is 11.6 Å². The summed E-state index contributed by atoms with van der Waals surface area (Å²) in [6.07, 6.45) is 3.09. The molecule has 0 aliphatic heterocycles. The van der Waals surface area contributed by atoms with Crippen LogP contribution in [-0.4, -0.2) is 10.9 Å². The fourth-order valence-corrected chi connectivity index (χ4v) is 2.35. The van der Waals surface area contributed by atoms with Crippen molar-refractivity contribution in [3.8, 4) is 0 Å². The molecule has 0 aliphatic carbocycles. The van der Waals surface area contributed by atoms with Gasteiger partial charge in [0, 0.05) is 25.5 Å². The van der Waals surface area contributed by atoms with E-state index in [4.69, 9.17) is 0 Å². The molecule has 0 spiro atoms. The smallest absolute Gasteiger partial charge is 0.253 e. The molecule has 0 saturated heterocycles. The van der Waals surface area contributed by atoms with Gasteiger partial charge in [0.25, 0.3) is 5.91 Å². The molecule has 132 valence electrons. The number of rotatable bonds is 6. The number of aromatic nitrogens is 1. The molecule has 1 aromatic heterocycles. The fraction of sp³-hybridized carbons (Fsp3) is 0.100. The Balaban J connectivity index is 1.58. The second-order valence-electron chi connectivity index (χ2n) is 5.75. The van der Waals surface area contributed by atoms with Crippen LogP contribution in [0.4, 0.5) is 14.5 Å². The van der Waals surface area contributed by atoms with Crippen LogP contribution in [0.2, 0.25) is 0 Å². The Morgan fingerprint density at radius 1 is 0.846 bits per heavy atom. The molecule has 1 amide bonds. The van der Waals surface area contributed by atoms with E-state index in [1.807, 2.05) is 0 Å². The number of halogens is 2. The maximum absolute atomic E-state index is 12.9. The molecule has 26 heavy (non-hydrogen) atoms. The van der Waals surface area contributed by atoms with Crippen molar-refractivity contribution in [2.45, 2.75) is 13.1 Å². The molecule has 0 fully saturated rings. The summed E-state index contributed by atoms with van der Waals surface area (Å²) in [6, 6.07) is 13.8. The van der Waals surface area contributed by atoms with E-state index < -0.39 is 0 Å². The number of carbonyl (C=O) groups is 1. The number of hydrogen-bond donors (Lipinski definition) is 2. The average Bonchev–Trinajstić information content (AvgIpc) is 2.67. The molecule has 4 nitrogen and oxygen atoms in total. The van der Waals surface area contributed by atoms with Gasteiger partial charge in [0.2, 0.25) is 0 Å². The van der Waals surface area contributed by atoms with Gasteiger partial charge in [-0.2, -0.15) is 0 Å². The van der Waals surface area contributed by atoms with Crippen molar-refractivity contribution in [3.05, 3.63) is 95.3 Å². The van der Waals surface area contributed by atoms with Crippen LogP contribution >= 0.6 is 0 Å². The normalized spacial score (nSPS) is 10.4. The fourth-order valence-electron chi connectivity index (χ4n) is 2.35. The Kier molecular flexibility index (Phi) is 5.53. The molecule has 1 heterocycles. The van der Waals surface area contributed by atoms with Crippen LogP contribution in [0.15, 0.2) is 67.0 Å². The van der Waals surface area contributed by atoms with E-state index in [0.717, 1.165) is 11.1 Å². The van der Waals surface area contributed by atoms with Crippen molar-refractivity contribution in [2.24, 2.45) is 0 Å². The van der Waals surface area contributed by atoms with Gasteiger partial charge in [0.05, 0.1) is 11.3 Å². The number of pyridine rings is 1. The van der Waals surface area contributed by atoms with Crippen LogP contribution in [0.25, 0.3) is 0 Å². The molecule has 3 aromatic rings. The highest BCUT2D eigenvalue weighted by Crippen LogP contribution is 2.11. The van der Waals surface area contributed by atoms with Crippen molar-refractivity contribution in [1.82, 2.24) is 10.3 Å². The average molecular weight is 353 g/mol. The van der Waals surface area contributed by atoms with E-state index in [1.165, 1.54) is 30.5 Å². The molecule has 3 rings (SSSR count). The van der Waals surface area contributed by atoms with Gasteiger partial charge in [0.15, 0.2) is 0 Å². The molecular weight excluding hydrogens is 336 g/mol. The first kappa shape index (κ1) is 17.5. The Bertz CT molecular complexity index is 880. The molecular formula is C20H17F2N3O. The molecule has 2 aromatic carbocycles. The van der Waals surface area contributed by atoms with Crippen molar-refractivity contribution in [1.29, 1.82) is 0 Å². The zero-order valence-electron chi connectivity index (χ0n) is 13.9. The van der Waals surface area contributed by atoms with Gasteiger partial charge >= 0.3 is 0 Å². The summed E-state index contributed by atoms with van der Waals surface area (Å²) in [5.41, 5.74) is 2.82. The standard InChI is InChI=1S/C20H17F2N3O/c21-17-5-1-14(2-6-17)10-24-19-9-16(12-23-13-19)20(26)25-11-15-3-7-18(22)8-4-15/h1-9,12-13,24H,10-11H2,(H,25,26). The van der Waals surface area contributed by atoms with Gasteiger partial charge in [-0.15, -0.1) is 0 Å². The monoisotopic (exact) mass is 353 g/mol. The highest BCUT2D eigenvalue weighted by molar-refractivity contribution is 5.94. The summed E-state index contributed by atoms with van der Waals surface area (Å²) in [5.74, 6) is -0.869. The second-order valence-corrected chi connectivity index (χ2v) is 5.75. The molecule has 0 saturated carbocycles. The van der Waals surface area contributed by atoms with Crippen LogP contribution < -0.4 is 10.6 Å². The lowest BCUT2D eigenvalue weighted by atomic mass is 10.2. The molecule has 0 aliphatic rings. The van der Waals surface area contributed by atoms with Crippen LogP contribution in [0.3, 0.4) is 0 Å². The summed E-state index contributed by atoms with van der Waals surface area (Å²) in [6.45, 7) is 0.787. The number of benzene rings is 2. The molecule has 6 heteroatoms. The molecule has 0 atom stereocenters. The van der Waals surface area contributed by atoms with E-state index in [0.29, 0.717) is 24.3 Å². The molecule has 2 N–H and O–H groups in total. The summed E-state index contributed by atoms with van der Waals surface area (Å²) in [4.78, 5) is 16.3. The third-order valence-corrected chi connectivity index (χ3v) is 3.78. The predicted molar refractivity (Wildman–Crippen MR) is 95.5 cm³/mol. The maximum atomic E-state index is 12.9. The minimum absolute atomic E-state index is 0.271. The van der Waals surface area contributed by atoms with Gasteiger partial charge in [-0.05, 0) is 41.5 Å². The zero-order valence-corrected chi connectivity index (χ0v) is 13.9. The van der Waals surface area contributed by atoms with Gasteiger partial charge in [-0.1, -0.05) is 24.3 Å². The first-order chi connectivity index (χ1) is 12.6. The van der Waals surface area contributed by atoms with E-state index >= 15 is 0 Å². The Hall–Kier alpha value is -3.28. The minimum Gasteiger partial charge on any atom is -0.380 e. The molecule has 0 radical (unpaired) electrons. The summed E-state index contributed by atoms with van der Waals surface area (Å²) in [5, 5.41) is 5.92. The second kappa shape index (κ2) is 8.20.